The molecular formula is C21H24N2O3S. The van der Waals surface area contributed by atoms with Crippen LogP contribution < -0.4 is 9.64 Å². The molecule has 142 valence electrons. The highest BCUT2D eigenvalue weighted by Gasteiger charge is 2.35. The van der Waals surface area contributed by atoms with E-state index >= 15 is 0 Å². The molecule has 1 aliphatic heterocycles. The minimum absolute atomic E-state index is 0.0139. The van der Waals surface area contributed by atoms with Crippen LogP contribution in [0, 0.1) is 0 Å². The lowest BCUT2D eigenvalue weighted by molar-refractivity contribution is -0.115. The molecule has 2 amide bonds. The summed E-state index contributed by atoms with van der Waals surface area (Å²) in [5.74, 6) is 1.11. The Bertz CT molecular complexity index is 836. The first-order valence-electron chi connectivity index (χ1n) is 9.06. The first kappa shape index (κ1) is 19.3. The van der Waals surface area contributed by atoms with Gasteiger partial charge in [-0.25, -0.2) is 0 Å². The van der Waals surface area contributed by atoms with Crippen molar-refractivity contribution in [3.63, 3.8) is 0 Å². The van der Waals surface area contributed by atoms with Crippen molar-refractivity contribution in [3.8, 4) is 5.75 Å². The van der Waals surface area contributed by atoms with Crippen molar-refractivity contribution in [2.75, 3.05) is 30.9 Å². The quantitative estimate of drug-likeness (QED) is 0.757. The number of nitrogens with zero attached hydrogens (tertiary/aromatic N) is 2. The predicted octanol–water partition coefficient (Wildman–Crippen LogP) is 3.96. The van der Waals surface area contributed by atoms with Crippen LogP contribution in [0.25, 0.3) is 0 Å². The lowest BCUT2D eigenvalue weighted by atomic mass is 10.1. The van der Waals surface area contributed by atoms with Crippen molar-refractivity contribution >= 4 is 29.3 Å². The number of anilines is 1. The molecule has 0 spiro atoms. The topological polar surface area (TPSA) is 49.9 Å². The monoisotopic (exact) mass is 384 g/mol. The molecule has 1 aliphatic rings. The molecule has 0 N–H and O–H groups in total. The lowest BCUT2D eigenvalue weighted by Gasteiger charge is -2.26. The summed E-state index contributed by atoms with van der Waals surface area (Å²) in [6, 6.07) is 15.1. The van der Waals surface area contributed by atoms with Gasteiger partial charge in [0.2, 0.25) is 5.91 Å². The maximum atomic E-state index is 12.7. The van der Waals surface area contributed by atoms with Crippen LogP contribution in [-0.2, 0) is 4.79 Å². The van der Waals surface area contributed by atoms with Crippen molar-refractivity contribution in [1.29, 1.82) is 0 Å². The van der Waals surface area contributed by atoms with Gasteiger partial charge >= 0.3 is 0 Å². The van der Waals surface area contributed by atoms with E-state index in [0.29, 0.717) is 30.2 Å². The van der Waals surface area contributed by atoms with E-state index in [1.807, 2.05) is 62.4 Å². The number of carbonyl (C=O) groups excluding carboxylic acids is 2. The van der Waals surface area contributed by atoms with E-state index in [0.717, 1.165) is 11.3 Å². The molecule has 2 aromatic carbocycles. The van der Waals surface area contributed by atoms with Crippen molar-refractivity contribution < 1.29 is 14.3 Å². The van der Waals surface area contributed by atoms with Crippen molar-refractivity contribution in [3.05, 3.63) is 59.7 Å². The molecule has 2 aromatic rings. The summed E-state index contributed by atoms with van der Waals surface area (Å²) in [4.78, 5) is 28.9. The highest BCUT2D eigenvalue weighted by Crippen LogP contribution is 2.44. The Balaban J connectivity index is 1.97. The molecule has 5 nitrogen and oxygen atoms in total. The Morgan fingerprint density at radius 3 is 2.63 bits per heavy atom. The summed E-state index contributed by atoms with van der Waals surface area (Å²) in [5, 5.41) is -0.182. The second-order valence-electron chi connectivity index (χ2n) is 6.20. The third-order valence-electron chi connectivity index (χ3n) is 4.68. The van der Waals surface area contributed by atoms with Gasteiger partial charge in [-0.15, -0.1) is 11.8 Å². The summed E-state index contributed by atoms with van der Waals surface area (Å²) in [6.45, 7) is 5.29. The average Bonchev–Trinajstić information content (AvgIpc) is 3.10. The summed E-state index contributed by atoms with van der Waals surface area (Å²) in [7, 11) is 1.60. The third kappa shape index (κ3) is 3.81. The normalized spacial score (nSPS) is 16.5. The van der Waals surface area contributed by atoms with Gasteiger partial charge in [0.25, 0.3) is 5.91 Å². The van der Waals surface area contributed by atoms with E-state index < -0.39 is 0 Å². The van der Waals surface area contributed by atoms with Gasteiger partial charge in [-0.3, -0.25) is 14.5 Å². The van der Waals surface area contributed by atoms with Gasteiger partial charge in [-0.2, -0.15) is 0 Å². The van der Waals surface area contributed by atoms with Gasteiger partial charge in [0.05, 0.1) is 18.6 Å². The molecule has 1 fully saturated rings. The van der Waals surface area contributed by atoms with Gasteiger partial charge in [-0.05, 0) is 43.7 Å². The number of amides is 2. The zero-order valence-corrected chi connectivity index (χ0v) is 16.7. The smallest absolute Gasteiger partial charge is 0.253 e. The molecule has 27 heavy (non-hydrogen) atoms. The van der Waals surface area contributed by atoms with Crippen molar-refractivity contribution in [2.45, 2.75) is 19.2 Å². The van der Waals surface area contributed by atoms with Gasteiger partial charge in [0.15, 0.2) is 0 Å². The molecule has 1 heterocycles. The first-order chi connectivity index (χ1) is 13.1. The molecule has 0 bridgehead atoms. The Labute approximate surface area is 164 Å². The number of hydrogen-bond acceptors (Lipinski definition) is 4. The van der Waals surface area contributed by atoms with Gasteiger partial charge < -0.3 is 9.64 Å². The van der Waals surface area contributed by atoms with Crippen LogP contribution >= 0.6 is 11.8 Å². The summed E-state index contributed by atoms with van der Waals surface area (Å²) in [6.07, 6.45) is 0. The number of ether oxygens (including phenoxy) is 1. The fourth-order valence-electron chi connectivity index (χ4n) is 3.28. The SMILES string of the molecule is CCN(CC)C(=O)c1cccc(C2SCC(=O)N2c2ccccc2OC)c1. The van der Waals surface area contributed by atoms with Crippen LogP contribution in [0.4, 0.5) is 5.69 Å². The summed E-state index contributed by atoms with van der Waals surface area (Å²) in [5.41, 5.74) is 2.34. The molecular weight excluding hydrogens is 360 g/mol. The molecule has 3 rings (SSSR count). The van der Waals surface area contributed by atoms with Gasteiger partial charge in [-0.1, -0.05) is 24.3 Å². The van der Waals surface area contributed by atoms with E-state index in [1.165, 1.54) is 0 Å². The van der Waals surface area contributed by atoms with E-state index in [1.54, 1.807) is 28.7 Å². The average molecular weight is 385 g/mol. The Hall–Kier alpha value is -2.47. The number of para-hydroxylation sites is 2. The minimum atomic E-state index is -0.182. The number of carbonyl (C=O) groups is 2. The zero-order chi connectivity index (χ0) is 19.4. The highest BCUT2D eigenvalue weighted by atomic mass is 32.2. The molecule has 1 atom stereocenters. The maximum absolute atomic E-state index is 12.7. The largest absolute Gasteiger partial charge is 0.495 e. The van der Waals surface area contributed by atoms with E-state index in [9.17, 15) is 9.59 Å². The molecule has 0 saturated carbocycles. The maximum Gasteiger partial charge on any atom is 0.253 e. The lowest BCUT2D eigenvalue weighted by Crippen LogP contribution is -2.31. The van der Waals surface area contributed by atoms with E-state index in [-0.39, 0.29) is 17.2 Å². The van der Waals surface area contributed by atoms with Crippen LogP contribution in [0.5, 0.6) is 5.75 Å². The second kappa shape index (κ2) is 8.48. The van der Waals surface area contributed by atoms with Crippen LogP contribution in [0.2, 0.25) is 0 Å². The number of hydrogen-bond donors (Lipinski definition) is 0. The Kier molecular flexibility index (Phi) is 6.06. The van der Waals surface area contributed by atoms with Crippen molar-refractivity contribution in [2.24, 2.45) is 0 Å². The first-order valence-corrected chi connectivity index (χ1v) is 10.1. The Morgan fingerprint density at radius 1 is 1.19 bits per heavy atom. The van der Waals surface area contributed by atoms with Gasteiger partial charge in [0.1, 0.15) is 11.1 Å². The second-order valence-corrected chi connectivity index (χ2v) is 7.27. The van der Waals surface area contributed by atoms with E-state index in [2.05, 4.69) is 0 Å². The molecule has 0 radical (unpaired) electrons. The molecule has 1 unspecified atom stereocenters. The van der Waals surface area contributed by atoms with Gasteiger partial charge in [0, 0.05) is 18.7 Å². The predicted molar refractivity (Wildman–Crippen MR) is 109 cm³/mol. The van der Waals surface area contributed by atoms with Crippen LogP contribution in [0.3, 0.4) is 0 Å². The summed E-state index contributed by atoms with van der Waals surface area (Å²) >= 11 is 1.56. The third-order valence-corrected chi connectivity index (χ3v) is 5.89. The van der Waals surface area contributed by atoms with E-state index in [4.69, 9.17) is 4.74 Å². The standard InChI is InChI=1S/C21H24N2O3S/c1-4-22(5-2)20(25)15-9-8-10-16(13-15)21-23(19(24)14-27-21)17-11-6-7-12-18(17)26-3/h6-13,21H,4-5,14H2,1-3H3. The molecule has 1 saturated heterocycles. The van der Waals surface area contributed by atoms with Crippen LogP contribution in [0.15, 0.2) is 48.5 Å². The zero-order valence-electron chi connectivity index (χ0n) is 15.8. The van der Waals surface area contributed by atoms with Crippen LogP contribution in [-0.4, -0.2) is 42.7 Å². The number of methoxy groups -OCH3 is 1. The Morgan fingerprint density at radius 2 is 1.93 bits per heavy atom. The van der Waals surface area contributed by atoms with Crippen LogP contribution in [0.1, 0.15) is 35.1 Å². The molecule has 0 aromatic heterocycles. The number of thioether (sulfide) groups is 1. The summed E-state index contributed by atoms with van der Waals surface area (Å²) < 4.78 is 5.45. The molecule has 6 heteroatoms. The minimum Gasteiger partial charge on any atom is -0.495 e. The molecule has 0 aliphatic carbocycles. The van der Waals surface area contributed by atoms with Crippen molar-refractivity contribution in [1.82, 2.24) is 4.90 Å². The number of rotatable bonds is 6. The number of benzene rings is 2. The highest BCUT2D eigenvalue weighted by molar-refractivity contribution is 8.00. The fourth-order valence-corrected chi connectivity index (χ4v) is 4.44. The fraction of sp³-hybridized carbons (Fsp3) is 0.333.